The first-order valence-corrected chi connectivity index (χ1v) is 6.84. The van der Waals surface area contributed by atoms with E-state index >= 15 is 0 Å². The molecule has 1 aromatic carbocycles. The van der Waals surface area contributed by atoms with Crippen LogP contribution in [-0.2, 0) is 24.2 Å². The van der Waals surface area contributed by atoms with Crippen molar-refractivity contribution in [2.75, 3.05) is 6.61 Å². The standard InChI is InChI=1S/C14H12Cl2N2O/c15-10-3-1-2-9(6-10)7-13-17-12-4-5-19-8-11(12)14(16)18-13/h1-3,6H,4-5,7-8H2. The van der Waals surface area contributed by atoms with Crippen LogP contribution in [-0.4, -0.2) is 16.6 Å². The number of benzene rings is 1. The topological polar surface area (TPSA) is 35.0 Å². The highest BCUT2D eigenvalue weighted by Crippen LogP contribution is 2.23. The van der Waals surface area contributed by atoms with Gasteiger partial charge in [-0.2, -0.15) is 0 Å². The first kappa shape index (κ1) is 12.9. The van der Waals surface area contributed by atoms with Crippen LogP contribution in [0.4, 0.5) is 0 Å². The van der Waals surface area contributed by atoms with E-state index in [-0.39, 0.29) is 0 Å². The van der Waals surface area contributed by atoms with Gasteiger partial charge >= 0.3 is 0 Å². The maximum absolute atomic E-state index is 6.19. The Morgan fingerprint density at radius 1 is 1.21 bits per heavy atom. The van der Waals surface area contributed by atoms with Crippen LogP contribution in [0.1, 0.15) is 22.6 Å². The molecular weight excluding hydrogens is 283 g/mol. The minimum atomic E-state index is 0.502. The zero-order valence-electron chi connectivity index (χ0n) is 10.2. The van der Waals surface area contributed by atoms with Gasteiger partial charge < -0.3 is 4.74 Å². The summed E-state index contributed by atoms with van der Waals surface area (Å²) in [6.07, 6.45) is 1.43. The molecule has 0 fully saturated rings. The zero-order chi connectivity index (χ0) is 13.2. The number of fused-ring (bicyclic) bond motifs is 1. The fourth-order valence-electron chi connectivity index (χ4n) is 2.15. The van der Waals surface area contributed by atoms with E-state index in [1.165, 1.54) is 0 Å². The molecule has 0 saturated heterocycles. The van der Waals surface area contributed by atoms with Crippen molar-refractivity contribution < 1.29 is 4.74 Å². The van der Waals surface area contributed by atoms with Crippen molar-refractivity contribution in [2.24, 2.45) is 0 Å². The van der Waals surface area contributed by atoms with Gasteiger partial charge in [-0.1, -0.05) is 35.3 Å². The van der Waals surface area contributed by atoms with E-state index in [1.54, 1.807) is 0 Å². The third-order valence-electron chi connectivity index (χ3n) is 3.07. The highest BCUT2D eigenvalue weighted by atomic mass is 35.5. The second-order valence-electron chi connectivity index (χ2n) is 4.47. The maximum atomic E-state index is 6.19. The summed E-state index contributed by atoms with van der Waals surface area (Å²) >= 11 is 12.2. The molecule has 5 heteroatoms. The predicted molar refractivity (Wildman–Crippen MR) is 74.7 cm³/mol. The highest BCUT2D eigenvalue weighted by molar-refractivity contribution is 6.30. The summed E-state index contributed by atoms with van der Waals surface area (Å²) in [5, 5.41) is 1.22. The molecule has 1 aliphatic heterocycles. The molecular formula is C14H12Cl2N2O. The number of rotatable bonds is 2. The van der Waals surface area contributed by atoms with E-state index < -0.39 is 0 Å². The Kier molecular flexibility index (Phi) is 3.69. The van der Waals surface area contributed by atoms with Gasteiger partial charge in [0.1, 0.15) is 11.0 Å². The molecule has 3 nitrogen and oxygen atoms in total. The molecule has 3 rings (SSSR count). The summed E-state index contributed by atoms with van der Waals surface area (Å²) in [6.45, 7) is 1.20. The molecule has 0 unspecified atom stereocenters. The number of halogens is 2. The lowest BCUT2D eigenvalue weighted by molar-refractivity contribution is 0.109. The van der Waals surface area contributed by atoms with Crippen molar-refractivity contribution in [1.29, 1.82) is 0 Å². The Labute approximate surface area is 121 Å². The van der Waals surface area contributed by atoms with Crippen LogP contribution in [0.5, 0.6) is 0 Å². The average Bonchev–Trinajstić information content (AvgIpc) is 2.39. The number of hydrogen-bond acceptors (Lipinski definition) is 3. The summed E-state index contributed by atoms with van der Waals surface area (Å²) < 4.78 is 5.37. The van der Waals surface area contributed by atoms with Crippen molar-refractivity contribution >= 4 is 23.2 Å². The summed E-state index contributed by atoms with van der Waals surface area (Å²) in [5.74, 6) is 0.730. The fraction of sp³-hybridized carbons (Fsp3) is 0.286. The molecule has 2 aromatic rings. The number of nitrogens with zero attached hydrogens (tertiary/aromatic N) is 2. The summed E-state index contributed by atoms with van der Waals surface area (Å²) in [5.41, 5.74) is 3.00. The van der Waals surface area contributed by atoms with Gasteiger partial charge in [-0.05, 0) is 17.7 Å². The summed E-state index contributed by atoms with van der Waals surface area (Å²) in [4.78, 5) is 8.92. The summed E-state index contributed by atoms with van der Waals surface area (Å²) in [6, 6.07) is 7.70. The molecule has 0 N–H and O–H groups in total. The SMILES string of the molecule is Clc1cccc(Cc2nc(Cl)c3c(n2)CCOC3)c1. The Morgan fingerprint density at radius 2 is 2.11 bits per heavy atom. The number of ether oxygens (including phenoxy) is 1. The van der Waals surface area contributed by atoms with Crippen molar-refractivity contribution in [2.45, 2.75) is 19.4 Å². The van der Waals surface area contributed by atoms with Gasteiger partial charge in [-0.15, -0.1) is 0 Å². The minimum absolute atomic E-state index is 0.502. The molecule has 0 radical (unpaired) electrons. The molecule has 1 aromatic heterocycles. The van der Waals surface area contributed by atoms with E-state index in [1.807, 2.05) is 24.3 Å². The lowest BCUT2D eigenvalue weighted by atomic mass is 10.1. The van der Waals surface area contributed by atoms with Crippen LogP contribution < -0.4 is 0 Å². The predicted octanol–water partition coefficient (Wildman–Crippen LogP) is 3.45. The fourth-order valence-corrected chi connectivity index (χ4v) is 2.62. The van der Waals surface area contributed by atoms with E-state index in [9.17, 15) is 0 Å². The molecule has 0 bridgehead atoms. The molecule has 0 spiro atoms. The third kappa shape index (κ3) is 2.89. The van der Waals surface area contributed by atoms with Gasteiger partial charge in [0, 0.05) is 23.4 Å². The van der Waals surface area contributed by atoms with Gasteiger partial charge in [0.05, 0.1) is 18.9 Å². The first-order valence-electron chi connectivity index (χ1n) is 6.09. The maximum Gasteiger partial charge on any atom is 0.138 e. The van der Waals surface area contributed by atoms with Crippen molar-refractivity contribution in [3.63, 3.8) is 0 Å². The smallest absolute Gasteiger partial charge is 0.138 e. The monoisotopic (exact) mass is 294 g/mol. The van der Waals surface area contributed by atoms with Crippen LogP contribution in [0, 0.1) is 0 Å². The third-order valence-corrected chi connectivity index (χ3v) is 3.62. The van der Waals surface area contributed by atoms with E-state index in [0.717, 1.165) is 34.1 Å². The minimum Gasteiger partial charge on any atom is -0.376 e. The summed E-state index contributed by atoms with van der Waals surface area (Å²) in [7, 11) is 0. The number of hydrogen-bond donors (Lipinski definition) is 0. The van der Waals surface area contributed by atoms with Crippen LogP contribution in [0.25, 0.3) is 0 Å². The van der Waals surface area contributed by atoms with Gasteiger partial charge in [-0.25, -0.2) is 9.97 Å². The van der Waals surface area contributed by atoms with E-state index in [4.69, 9.17) is 27.9 Å². The van der Waals surface area contributed by atoms with Crippen molar-refractivity contribution in [3.8, 4) is 0 Å². The molecule has 0 amide bonds. The molecule has 19 heavy (non-hydrogen) atoms. The zero-order valence-corrected chi connectivity index (χ0v) is 11.7. The molecule has 0 aliphatic carbocycles. The first-order chi connectivity index (χ1) is 9.22. The van der Waals surface area contributed by atoms with Gasteiger partial charge in [0.15, 0.2) is 0 Å². The Balaban J connectivity index is 1.91. The molecule has 0 saturated carbocycles. The Bertz CT molecular complexity index is 616. The van der Waals surface area contributed by atoms with Crippen molar-refractivity contribution in [3.05, 3.63) is 57.1 Å². The van der Waals surface area contributed by atoms with Crippen LogP contribution >= 0.6 is 23.2 Å². The van der Waals surface area contributed by atoms with Gasteiger partial charge in [0.2, 0.25) is 0 Å². The average molecular weight is 295 g/mol. The van der Waals surface area contributed by atoms with E-state index in [2.05, 4.69) is 9.97 Å². The normalized spacial score (nSPS) is 14.2. The molecule has 98 valence electrons. The number of aromatic nitrogens is 2. The molecule has 2 heterocycles. The van der Waals surface area contributed by atoms with Crippen molar-refractivity contribution in [1.82, 2.24) is 9.97 Å². The molecule has 0 atom stereocenters. The van der Waals surface area contributed by atoms with Crippen LogP contribution in [0.3, 0.4) is 0 Å². The van der Waals surface area contributed by atoms with Crippen LogP contribution in [0.15, 0.2) is 24.3 Å². The second-order valence-corrected chi connectivity index (χ2v) is 5.26. The van der Waals surface area contributed by atoms with Gasteiger partial charge in [0.25, 0.3) is 0 Å². The lowest BCUT2D eigenvalue weighted by Crippen LogP contribution is -2.15. The highest BCUT2D eigenvalue weighted by Gasteiger charge is 2.17. The second kappa shape index (κ2) is 5.45. The Hall–Kier alpha value is -1.16. The largest absolute Gasteiger partial charge is 0.376 e. The molecule has 1 aliphatic rings. The van der Waals surface area contributed by atoms with Crippen LogP contribution in [0.2, 0.25) is 10.2 Å². The lowest BCUT2D eigenvalue weighted by Gasteiger charge is -2.17. The quantitative estimate of drug-likeness (QED) is 0.796. The Morgan fingerprint density at radius 3 is 2.95 bits per heavy atom. The van der Waals surface area contributed by atoms with E-state index in [0.29, 0.717) is 24.8 Å². The van der Waals surface area contributed by atoms with Gasteiger partial charge in [-0.3, -0.25) is 0 Å².